The smallest absolute Gasteiger partial charge is 0.220 e. The van der Waals surface area contributed by atoms with Gasteiger partial charge in [0.05, 0.1) is 25.4 Å². The van der Waals surface area contributed by atoms with Crippen LogP contribution in [0.4, 0.5) is 0 Å². The minimum Gasteiger partial charge on any atom is -0.394 e. The molecule has 1 amide bonds. The van der Waals surface area contributed by atoms with Crippen molar-refractivity contribution in [1.29, 1.82) is 0 Å². The van der Waals surface area contributed by atoms with Crippen LogP contribution in [0.25, 0.3) is 0 Å². The normalized spacial score (nSPS) is 20.4. The standard InChI is InChI=1S/C56H101NO8/c1-3-5-7-9-11-13-15-16-17-18-19-20-21-22-23-24-25-26-27-28-29-30-31-32-33-34-36-38-40-42-44-46-52(60)57-49(48-64-56-55(63)54(62)53(61)51(47-58)65-56)50(59)45-43-41-39-37-35-14-12-10-8-6-4-2/h15-16,18-19,21-22,35,37,43,45,49-51,53-56,58-59,61-63H,3-14,17,20,23-34,36,38-42,44,46-48H2,1-2H3,(H,57,60)/b16-15-,19-18-,22-21-,37-35+,45-43+. The number of carbonyl (C=O) groups is 1. The molecule has 0 aromatic rings. The van der Waals surface area contributed by atoms with Gasteiger partial charge in [-0.25, -0.2) is 0 Å². The van der Waals surface area contributed by atoms with Crippen molar-refractivity contribution in [1.82, 2.24) is 5.32 Å². The molecule has 0 radical (unpaired) electrons. The van der Waals surface area contributed by atoms with Crippen molar-refractivity contribution in [3.63, 3.8) is 0 Å². The minimum absolute atomic E-state index is 0.189. The van der Waals surface area contributed by atoms with E-state index in [1.54, 1.807) is 6.08 Å². The fourth-order valence-electron chi connectivity index (χ4n) is 8.24. The Bertz CT molecular complexity index is 1200. The summed E-state index contributed by atoms with van der Waals surface area (Å²) in [6, 6.07) is -0.821. The van der Waals surface area contributed by atoms with Gasteiger partial charge in [0.15, 0.2) is 6.29 Å². The van der Waals surface area contributed by atoms with Crippen LogP contribution in [-0.2, 0) is 14.3 Å². The van der Waals surface area contributed by atoms with Gasteiger partial charge in [0.1, 0.15) is 24.4 Å². The molecule has 6 N–H and O–H groups in total. The van der Waals surface area contributed by atoms with Gasteiger partial charge in [-0.2, -0.15) is 0 Å². The lowest BCUT2D eigenvalue weighted by Gasteiger charge is -2.40. The van der Waals surface area contributed by atoms with Crippen LogP contribution in [0.1, 0.15) is 232 Å². The Morgan fingerprint density at radius 2 is 0.923 bits per heavy atom. The summed E-state index contributed by atoms with van der Waals surface area (Å²) in [6.07, 6.45) is 54.4. The molecule has 9 heteroatoms. The molecule has 1 rings (SSSR count). The molecule has 0 aliphatic carbocycles. The summed E-state index contributed by atoms with van der Waals surface area (Å²) in [6.45, 7) is 3.72. The maximum Gasteiger partial charge on any atom is 0.220 e. The first-order valence-electron chi connectivity index (χ1n) is 27.0. The fraction of sp³-hybridized carbons (Fsp3) is 0.804. The summed E-state index contributed by atoms with van der Waals surface area (Å²) in [5.41, 5.74) is 0. The van der Waals surface area contributed by atoms with Gasteiger partial charge in [-0.15, -0.1) is 0 Å². The topological polar surface area (TPSA) is 149 Å². The molecular formula is C56H101NO8. The van der Waals surface area contributed by atoms with Crippen molar-refractivity contribution >= 4 is 5.91 Å². The van der Waals surface area contributed by atoms with Gasteiger partial charge in [0.2, 0.25) is 5.91 Å². The maximum atomic E-state index is 13.0. The molecule has 0 saturated carbocycles. The van der Waals surface area contributed by atoms with Crippen LogP contribution in [0, 0.1) is 0 Å². The molecule has 7 unspecified atom stereocenters. The van der Waals surface area contributed by atoms with Gasteiger partial charge >= 0.3 is 0 Å². The average Bonchev–Trinajstić information content (AvgIpc) is 3.31. The molecule has 0 bridgehead atoms. The summed E-state index contributed by atoms with van der Waals surface area (Å²) in [5, 5.41) is 54.2. The number of hydrogen-bond donors (Lipinski definition) is 6. The number of aliphatic hydroxyl groups is 5. The number of ether oxygens (including phenoxy) is 2. The zero-order valence-electron chi connectivity index (χ0n) is 41.7. The third kappa shape index (κ3) is 35.7. The summed E-state index contributed by atoms with van der Waals surface area (Å²) in [7, 11) is 0. The number of carbonyl (C=O) groups excluding carboxylic acids is 1. The number of aliphatic hydroxyl groups excluding tert-OH is 5. The van der Waals surface area contributed by atoms with Crippen LogP contribution in [0.15, 0.2) is 60.8 Å². The highest BCUT2D eigenvalue weighted by molar-refractivity contribution is 5.76. The van der Waals surface area contributed by atoms with Crippen LogP contribution in [0.2, 0.25) is 0 Å². The van der Waals surface area contributed by atoms with Crippen molar-refractivity contribution in [2.45, 2.75) is 275 Å². The summed E-state index contributed by atoms with van der Waals surface area (Å²) >= 11 is 0. The Kier molecular flexibility index (Phi) is 42.8. The van der Waals surface area contributed by atoms with E-state index in [0.717, 1.165) is 51.4 Å². The van der Waals surface area contributed by atoms with Crippen molar-refractivity contribution in [3.05, 3.63) is 60.8 Å². The molecule has 0 aromatic carbocycles. The highest BCUT2D eigenvalue weighted by Gasteiger charge is 2.44. The third-order valence-corrected chi connectivity index (χ3v) is 12.6. The Morgan fingerprint density at radius 1 is 0.523 bits per heavy atom. The predicted octanol–water partition coefficient (Wildman–Crippen LogP) is 12.7. The first kappa shape index (κ1) is 60.9. The minimum atomic E-state index is -1.57. The van der Waals surface area contributed by atoms with E-state index in [4.69, 9.17) is 9.47 Å². The largest absolute Gasteiger partial charge is 0.394 e. The fourth-order valence-corrected chi connectivity index (χ4v) is 8.24. The average molecular weight is 916 g/mol. The van der Waals surface area contributed by atoms with Crippen LogP contribution in [0.3, 0.4) is 0 Å². The van der Waals surface area contributed by atoms with Crippen LogP contribution >= 0.6 is 0 Å². The summed E-state index contributed by atoms with van der Waals surface area (Å²) in [4.78, 5) is 13.0. The highest BCUT2D eigenvalue weighted by Crippen LogP contribution is 2.23. The van der Waals surface area contributed by atoms with Gasteiger partial charge in [0, 0.05) is 6.42 Å². The summed E-state index contributed by atoms with van der Waals surface area (Å²) in [5.74, 6) is -0.189. The molecule has 65 heavy (non-hydrogen) atoms. The second-order valence-electron chi connectivity index (χ2n) is 18.7. The van der Waals surface area contributed by atoms with Crippen molar-refractivity contribution in [3.8, 4) is 0 Å². The molecule has 7 atom stereocenters. The van der Waals surface area contributed by atoms with Crippen molar-refractivity contribution in [2.75, 3.05) is 13.2 Å². The molecule has 1 heterocycles. The highest BCUT2D eigenvalue weighted by atomic mass is 16.7. The second-order valence-corrected chi connectivity index (χ2v) is 18.7. The number of hydrogen-bond acceptors (Lipinski definition) is 8. The molecule has 1 aliphatic rings. The van der Waals surface area contributed by atoms with Crippen LogP contribution in [0.5, 0.6) is 0 Å². The van der Waals surface area contributed by atoms with Gasteiger partial charge in [-0.3, -0.25) is 4.79 Å². The molecule has 0 aromatic heterocycles. The Balaban J connectivity index is 2.15. The predicted molar refractivity (Wildman–Crippen MR) is 272 cm³/mol. The zero-order chi connectivity index (χ0) is 47.3. The van der Waals surface area contributed by atoms with Gasteiger partial charge in [-0.05, 0) is 70.6 Å². The monoisotopic (exact) mass is 916 g/mol. The van der Waals surface area contributed by atoms with E-state index in [1.807, 2.05) is 6.08 Å². The lowest BCUT2D eigenvalue weighted by atomic mass is 9.99. The maximum absolute atomic E-state index is 13.0. The first-order valence-corrected chi connectivity index (χ1v) is 27.0. The Hall–Kier alpha value is -2.11. The van der Waals surface area contributed by atoms with E-state index in [0.29, 0.717) is 6.42 Å². The number of nitrogens with one attached hydrogen (secondary N) is 1. The second kappa shape index (κ2) is 45.7. The van der Waals surface area contributed by atoms with E-state index in [9.17, 15) is 30.3 Å². The number of allylic oxidation sites excluding steroid dienone is 9. The van der Waals surface area contributed by atoms with Crippen LogP contribution < -0.4 is 5.32 Å². The van der Waals surface area contributed by atoms with E-state index >= 15 is 0 Å². The quantitative estimate of drug-likeness (QED) is 0.0261. The number of unbranched alkanes of at least 4 members (excludes halogenated alkanes) is 27. The van der Waals surface area contributed by atoms with Gasteiger partial charge in [0.25, 0.3) is 0 Å². The Labute approximate surface area is 398 Å². The van der Waals surface area contributed by atoms with Crippen molar-refractivity contribution in [2.24, 2.45) is 0 Å². The molecule has 1 saturated heterocycles. The van der Waals surface area contributed by atoms with E-state index < -0.39 is 49.5 Å². The van der Waals surface area contributed by atoms with E-state index in [1.165, 1.54) is 161 Å². The van der Waals surface area contributed by atoms with Gasteiger partial charge in [-0.1, -0.05) is 216 Å². The SMILES string of the molecule is CCCCCCC/C=C\C/C=C\C/C=C\CCCCCCCCCCCCCCCCCCC(=O)NC(COC1OC(CO)C(O)C(O)C1O)C(O)/C=C/CC/C=C/CCCCCCC. The zero-order valence-corrected chi connectivity index (χ0v) is 41.7. The molecule has 0 spiro atoms. The number of amides is 1. The lowest BCUT2D eigenvalue weighted by Crippen LogP contribution is -2.60. The summed E-state index contributed by atoms with van der Waals surface area (Å²) < 4.78 is 11.2. The van der Waals surface area contributed by atoms with E-state index in [-0.39, 0.29) is 12.5 Å². The van der Waals surface area contributed by atoms with Crippen molar-refractivity contribution < 1.29 is 39.8 Å². The molecule has 9 nitrogen and oxygen atoms in total. The third-order valence-electron chi connectivity index (χ3n) is 12.6. The first-order chi connectivity index (χ1) is 31.8. The van der Waals surface area contributed by atoms with E-state index in [2.05, 4.69) is 67.8 Å². The molecule has 378 valence electrons. The van der Waals surface area contributed by atoms with Crippen LogP contribution in [-0.4, -0.2) is 87.5 Å². The lowest BCUT2D eigenvalue weighted by molar-refractivity contribution is -0.302. The molecule has 1 aliphatic heterocycles. The van der Waals surface area contributed by atoms with Gasteiger partial charge < -0.3 is 40.3 Å². The molecule has 1 fully saturated rings. The molecular weight excluding hydrogens is 815 g/mol. The Morgan fingerprint density at radius 3 is 1.40 bits per heavy atom. The number of rotatable bonds is 45.